The maximum atomic E-state index is 6.61. The van der Waals surface area contributed by atoms with E-state index in [-0.39, 0.29) is 0 Å². The number of rotatable bonds is 9. The van der Waals surface area contributed by atoms with Gasteiger partial charge in [-0.25, -0.2) is 0 Å². The first-order chi connectivity index (χ1) is 16.1. The molecule has 174 valence electrons. The summed E-state index contributed by atoms with van der Waals surface area (Å²) in [5.74, 6) is 1.36. The lowest BCUT2D eigenvalue weighted by atomic mass is 10.1. The van der Waals surface area contributed by atoms with Crippen molar-refractivity contribution in [1.82, 2.24) is 0 Å². The van der Waals surface area contributed by atoms with Crippen molar-refractivity contribution in [3.63, 3.8) is 0 Å². The van der Waals surface area contributed by atoms with E-state index in [0.717, 1.165) is 43.1 Å². The summed E-state index contributed by atoms with van der Waals surface area (Å²) in [7, 11) is 0. The number of nitrogens with zero attached hydrogens (tertiary/aromatic N) is 1. The number of aryl methyl sites for hydroxylation is 1. The minimum absolute atomic E-state index is 0.463. The summed E-state index contributed by atoms with van der Waals surface area (Å²) < 4.78 is 17.3. The van der Waals surface area contributed by atoms with E-state index in [4.69, 9.17) is 25.8 Å². The van der Waals surface area contributed by atoms with Crippen LogP contribution in [-0.2, 0) is 17.9 Å². The summed E-state index contributed by atoms with van der Waals surface area (Å²) in [6.45, 7) is 9.08. The van der Waals surface area contributed by atoms with Crippen LogP contribution >= 0.6 is 11.6 Å². The molecule has 1 fully saturated rings. The fourth-order valence-corrected chi connectivity index (χ4v) is 4.09. The van der Waals surface area contributed by atoms with Gasteiger partial charge in [0.1, 0.15) is 6.61 Å². The molecule has 6 heteroatoms. The van der Waals surface area contributed by atoms with Gasteiger partial charge >= 0.3 is 0 Å². The molecule has 0 saturated carbocycles. The molecular formula is C27H31ClN2O3. The first-order valence-corrected chi connectivity index (χ1v) is 11.8. The number of ether oxygens (including phenoxy) is 3. The second kappa shape index (κ2) is 11.3. The smallest absolute Gasteiger partial charge is 0.163 e. The SMILES string of the molecule is CCOc1cc(CNc2ccc(N3CCOCC3)cc2)c(Cl)cc1OCc1cccc(C)c1. The Morgan fingerprint density at radius 1 is 0.970 bits per heavy atom. The molecule has 1 N–H and O–H groups in total. The molecule has 1 aliphatic heterocycles. The van der Waals surface area contributed by atoms with Gasteiger partial charge < -0.3 is 24.4 Å². The van der Waals surface area contributed by atoms with Gasteiger partial charge in [-0.3, -0.25) is 0 Å². The predicted molar refractivity (Wildman–Crippen MR) is 135 cm³/mol. The molecule has 1 heterocycles. The maximum absolute atomic E-state index is 6.61. The summed E-state index contributed by atoms with van der Waals surface area (Å²) in [5.41, 5.74) is 5.54. The Labute approximate surface area is 201 Å². The lowest BCUT2D eigenvalue weighted by Crippen LogP contribution is -2.36. The quantitative estimate of drug-likeness (QED) is 0.414. The third kappa shape index (κ3) is 6.34. The summed E-state index contributed by atoms with van der Waals surface area (Å²) >= 11 is 6.61. The highest BCUT2D eigenvalue weighted by atomic mass is 35.5. The molecule has 0 unspecified atom stereocenters. The van der Waals surface area contributed by atoms with Crippen LogP contribution in [0.25, 0.3) is 0 Å². The van der Waals surface area contributed by atoms with E-state index in [9.17, 15) is 0 Å². The molecule has 0 spiro atoms. The highest BCUT2D eigenvalue weighted by molar-refractivity contribution is 6.31. The minimum atomic E-state index is 0.463. The van der Waals surface area contributed by atoms with Crippen molar-refractivity contribution in [1.29, 1.82) is 0 Å². The number of anilines is 2. The Morgan fingerprint density at radius 2 is 1.73 bits per heavy atom. The van der Waals surface area contributed by atoms with E-state index < -0.39 is 0 Å². The lowest BCUT2D eigenvalue weighted by molar-refractivity contribution is 0.122. The van der Waals surface area contributed by atoms with Gasteiger partial charge in [0.25, 0.3) is 0 Å². The standard InChI is InChI=1S/C27H31ClN2O3/c1-3-32-26-16-22(25(28)17-27(26)33-19-21-6-4-5-20(2)15-21)18-29-23-7-9-24(10-8-23)30-11-13-31-14-12-30/h4-10,15-17,29H,3,11-14,18-19H2,1-2H3. The van der Waals surface area contributed by atoms with Crippen molar-refractivity contribution in [2.24, 2.45) is 0 Å². The van der Waals surface area contributed by atoms with E-state index in [1.165, 1.54) is 11.3 Å². The topological polar surface area (TPSA) is 43.0 Å². The second-order valence-corrected chi connectivity index (χ2v) is 8.51. The van der Waals surface area contributed by atoms with E-state index in [0.29, 0.717) is 36.3 Å². The zero-order valence-electron chi connectivity index (χ0n) is 19.3. The van der Waals surface area contributed by atoms with Crippen LogP contribution in [0.15, 0.2) is 60.7 Å². The van der Waals surface area contributed by atoms with Crippen LogP contribution in [0, 0.1) is 6.92 Å². The molecule has 5 nitrogen and oxygen atoms in total. The zero-order valence-corrected chi connectivity index (χ0v) is 20.0. The molecule has 3 aromatic rings. The number of halogens is 1. The van der Waals surface area contributed by atoms with Gasteiger partial charge in [0, 0.05) is 42.1 Å². The number of benzene rings is 3. The van der Waals surface area contributed by atoms with Crippen LogP contribution in [0.2, 0.25) is 5.02 Å². The molecule has 1 saturated heterocycles. The fraction of sp³-hybridized carbons (Fsp3) is 0.333. The van der Waals surface area contributed by atoms with Gasteiger partial charge in [-0.15, -0.1) is 0 Å². The summed E-state index contributed by atoms with van der Waals surface area (Å²) in [5, 5.41) is 4.11. The Kier molecular flexibility index (Phi) is 7.97. The van der Waals surface area contributed by atoms with Crippen LogP contribution in [0.5, 0.6) is 11.5 Å². The fourth-order valence-electron chi connectivity index (χ4n) is 3.87. The molecular weight excluding hydrogens is 436 g/mol. The average Bonchev–Trinajstić information content (AvgIpc) is 2.84. The first-order valence-electron chi connectivity index (χ1n) is 11.4. The first kappa shape index (κ1) is 23.3. The Balaban J connectivity index is 1.41. The van der Waals surface area contributed by atoms with E-state index >= 15 is 0 Å². The Bertz CT molecular complexity index is 1050. The van der Waals surface area contributed by atoms with Crippen LogP contribution in [0.3, 0.4) is 0 Å². The van der Waals surface area contributed by atoms with Crippen molar-refractivity contribution in [2.75, 3.05) is 43.1 Å². The normalized spacial score (nSPS) is 13.6. The van der Waals surface area contributed by atoms with Gasteiger partial charge in [0.15, 0.2) is 11.5 Å². The second-order valence-electron chi connectivity index (χ2n) is 8.10. The molecule has 0 atom stereocenters. The molecule has 4 rings (SSSR count). The summed E-state index contributed by atoms with van der Waals surface area (Å²) in [4.78, 5) is 2.34. The highest BCUT2D eigenvalue weighted by Crippen LogP contribution is 2.35. The molecule has 33 heavy (non-hydrogen) atoms. The molecule has 0 amide bonds. The zero-order chi connectivity index (χ0) is 23.0. The highest BCUT2D eigenvalue weighted by Gasteiger charge is 2.13. The third-order valence-corrected chi connectivity index (χ3v) is 5.97. The molecule has 1 aliphatic rings. The van der Waals surface area contributed by atoms with E-state index in [1.54, 1.807) is 0 Å². The Hall–Kier alpha value is -2.89. The minimum Gasteiger partial charge on any atom is -0.490 e. The van der Waals surface area contributed by atoms with Gasteiger partial charge in [-0.1, -0.05) is 41.4 Å². The van der Waals surface area contributed by atoms with Crippen molar-refractivity contribution in [3.8, 4) is 11.5 Å². The largest absolute Gasteiger partial charge is 0.490 e. The van der Waals surface area contributed by atoms with Crippen LogP contribution in [0.4, 0.5) is 11.4 Å². The van der Waals surface area contributed by atoms with Crippen molar-refractivity contribution in [2.45, 2.75) is 27.0 Å². The Morgan fingerprint density at radius 3 is 2.45 bits per heavy atom. The van der Waals surface area contributed by atoms with Gasteiger partial charge in [-0.2, -0.15) is 0 Å². The predicted octanol–water partition coefficient (Wildman–Crippen LogP) is 6.07. The molecule has 3 aromatic carbocycles. The molecule has 0 bridgehead atoms. The van der Waals surface area contributed by atoms with Crippen molar-refractivity contribution >= 4 is 23.0 Å². The maximum Gasteiger partial charge on any atom is 0.163 e. The third-order valence-electron chi connectivity index (χ3n) is 5.62. The monoisotopic (exact) mass is 466 g/mol. The number of nitrogens with one attached hydrogen (secondary N) is 1. The molecule has 0 aliphatic carbocycles. The van der Waals surface area contributed by atoms with Gasteiger partial charge in [-0.05, 0) is 55.3 Å². The number of morpholine rings is 1. The van der Waals surface area contributed by atoms with Crippen LogP contribution in [0.1, 0.15) is 23.6 Å². The number of hydrogen-bond donors (Lipinski definition) is 1. The van der Waals surface area contributed by atoms with Gasteiger partial charge in [0.05, 0.1) is 19.8 Å². The lowest BCUT2D eigenvalue weighted by Gasteiger charge is -2.29. The molecule has 0 radical (unpaired) electrons. The van der Waals surface area contributed by atoms with E-state index in [1.807, 2.05) is 25.1 Å². The van der Waals surface area contributed by atoms with Gasteiger partial charge in [0.2, 0.25) is 0 Å². The van der Waals surface area contributed by atoms with E-state index in [2.05, 4.69) is 59.6 Å². The summed E-state index contributed by atoms with van der Waals surface area (Å²) in [6, 6.07) is 20.6. The van der Waals surface area contributed by atoms with Crippen LogP contribution < -0.4 is 19.7 Å². The van der Waals surface area contributed by atoms with Crippen molar-refractivity contribution in [3.05, 3.63) is 82.4 Å². The average molecular weight is 467 g/mol. The number of hydrogen-bond acceptors (Lipinski definition) is 5. The van der Waals surface area contributed by atoms with Crippen LogP contribution in [-0.4, -0.2) is 32.9 Å². The molecule has 0 aromatic heterocycles. The summed E-state index contributed by atoms with van der Waals surface area (Å²) in [6.07, 6.45) is 0. The van der Waals surface area contributed by atoms with Crippen molar-refractivity contribution < 1.29 is 14.2 Å².